The number of carbonyl (C=O) groups excluding carboxylic acids is 2. The van der Waals surface area contributed by atoms with Gasteiger partial charge in [0.2, 0.25) is 0 Å². The van der Waals surface area contributed by atoms with Gasteiger partial charge in [0.15, 0.2) is 0 Å². The summed E-state index contributed by atoms with van der Waals surface area (Å²) in [7, 11) is 3.18. The molecule has 4 aromatic rings. The van der Waals surface area contributed by atoms with E-state index < -0.39 is 0 Å². The largest absolute Gasteiger partial charge is 0.497 e. The lowest BCUT2D eigenvalue weighted by Crippen LogP contribution is -2.40. The molecule has 158 valence electrons. The van der Waals surface area contributed by atoms with Crippen LogP contribution in [0, 0.1) is 0 Å². The molecular weight excluding hydrogens is 404 g/mol. The van der Waals surface area contributed by atoms with Crippen molar-refractivity contribution < 1.29 is 19.1 Å². The molecule has 0 atom stereocenters. The SMILES string of the molecule is COc1ccc(Nc2ccc3cccc4c3c2C(=O)N(c2ccc(OC)cc2)C4=O)cc1. The third-order valence-electron chi connectivity index (χ3n) is 5.60. The van der Waals surface area contributed by atoms with Gasteiger partial charge in [-0.05, 0) is 66.0 Å². The second-order valence-electron chi connectivity index (χ2n) is 7.39. The summed E-state index contributed by atoms with van der Waals surface area (Å²) in [6.07, 6.45) is 0. The molecule has 0 saturated heterocycles. The first-order valence-corrected chi connectivity index (χ1v) is 10.1. The first kappa shape index (κ1) is 19.6. The number of carbonyl (C=O) groups is 2. The van der Waals surface area contributed by atoms with Gasteiger partial charge in [0.05, 0.1) is 31.2 Å². The monoisotopic (exact) mass is 424 g/mol. The highest BCUT2D eigenvalue weighted by molar-refractivity contribution is 6.37. The van der Waals surface area contributed by atoms with Crippen molar-refractivity contribution >= 4 is 39.6 Å². The van der Waals surface area contributed by atoms with Crippen LogP contribution in [0.4, 0.5) is 17.1 Å². The number of hydrogen-bond donors (Lipinski definition) is 1. The first-order chi connectivity index (χ1) is 15.6. The summed E-state index contributed by atoms with van der Waals surface area (Å²) in [4.78, 5) is 28.3. The van der Waals surface area contributed by atoms with Crippen LogP contribution in [-0.4, -0.2) is 26.0 Å². The third kappa shape index (κ3) is 3.13. The van der Waals surface area contributed by atoms with Crippen molar-refractivity contribution in [2.24, 2.45) is 0 Å². The maximum Gasteiger partial charge on any atom is 0.268 e. The van der Waals surface area contributed by atoms with Crippen LogP contribution >= 0.6 is 0 Å². The molecule has 0 aromatic heterocycles. The maximum absolute atomic E-state index is 13.7. The fraction of sp³-hybridized carbons (Fsp3) is 0.0769. The van der Waals surface area contributed by atoms with E-state index in [1.807, 2.05) is 48.5 Å². The van der Waals surface area contributed by atoms with Crippen molar-refractivity contribution in [1.29, 1.82) is 0 Å². The average molecular weight is 424 g/mol. The van der Waals surface area contributed by atoms with E-state index in [0.29, 0.717) is 33.6 Å². The van der Waals surface area contributed by atoms with E-state index in [1.54, 1.807) is 44.6 Å². The van der Waals surface area contributed by atoms with Gasteiger partial charge in [-0.1, -0.05) is 18.2 Å². The summed E-state index contributed by atoms with van der Waals surface area (Å²) >= 11 is 0. The second-order valence-corrected chi connectivity index (χ2v) is 7.39. The summed E-state index contributed by atoms with van der Waals surface area (Å²) in [6, 6.07) is 23.6. The van der Waals surface area contributed by atoms with Gasteiger partial charge in [-0.15, -0.1) is 0 Å². The second kappa shape index (κ2) is 7.74. The van der Waals surface area contributed by atoms with Gasteiger partial charge in [0.25, 0.3) is 11.8 Å². The van der Waals surface area contributed by atoms with Crippen molar-refractivity contribution in [1.82, 2.24) is 0 Å². The maximum atomic E-state index is 13.7. The zero-order valence-electron chi connectivity index (χ0n) is 17.6. The number of nitrogens with zero attached hydrogens (tertiary/aromatic N) is 1. The van der Waals surface area contributed by atoms with Gasteiger partial charge < -0.3 is 14.8 Å². The van der Waals surface area contributed by atoms with Gasteiger partial charge in [0, 0.05) is 16.6 Å². The fourth-order valence-corrected chi connectivity index (χ4v) is 4.00. The van der Waals surface area contributed by atoms with Crippen molar-refractivity contribution in [3.05, 3.63) is 90.0 Å². The standard InChI is InChI=1S/C26H20N2O4/c1-31-19-11-7-17(8-12-19)27-22-15-6-16-4-3-5-21-23(16)24(22)26(30)28(25(21)29)18-9-13-20(32-2)14-10-18/h3-15,27H,1-2H3. The van der Waals surface area contributed by atoms with Gasteiger partial charge >= 0.3 is 0 Å². The number of anilines is 3. The number of nitrogens with one attached hydrogen (secondary N) is 1. The smallest absolute Gasteiger partial charge is 0.268 e. The molecule has 5 rings (SSSR count). The Morgan fingerprint density at radius 3 is 2.03 bits per heavy atom. The third-order valence-corrected chi connectivity index (χ3v) is 5.60. The van der Waals surface area contributed by atoms with Crippen molar-refractivity contribution in [3.63, 3.8) is 0 Å². The first-order valence-electron chi connectivity index (χ1n) is 10.1. The van der Waals surface area contributed by atoms with Gasteiger partial charge in [-0.2, -0.15) is 0 Å². The predicted octanol–water partition coefficient (Wildman–Crippen LogP) is 5.40. The summed E-state index contributed by atoms with van der Waals surface area (Å²) < 4.78 is 10.4. The molecule has 0 spiro atoms. The Morgan fingerprint density at radius 1 is 0.719 bits per heavy atom. The van der Waals surface area contributed by atoms with E-state index in [-0.39, 0.29) is 11.8 Å². The Kier molecular flexibility index (Phi) is 4.75. The van der Waals surface area contributed by atoms with E-state index in [9.17, 15) is 9.59 Å². The number of imide groups is 1. The van der Waals surface area contributed by atoms with Gasteiger partial charge in [-0.25, -0.2) is 4.90 Å². The van der Waals surface area contributed by atoms with Crippen LogP contribution in [0.25, 0.3) is 10.8 Å². The summed E-state index contributed by atoms with van der Waals surface area (Å²) in [6.45, 7) is 0. The number of methoxy groups -OCH3 is 2. The number of benzene rings is 4. The molecule has 6 nitrogen and oxygen atoms in total. The van der Waals surface area contributed by atoms with Crippen LogP contribution in [0.15, 0.2) is 78.9 Å². The van der Waals surface area contributed by atoms with E-state index in [2.05, 4.69) is 5.32 Å². The quantitative estimate of drug-likeness (QED) is 0.435. The Labute approximate surface area is 185 Å². The molecule has 0 bridgehead atoms. The van der Waals surface area contributed by atoms with Crippen molar-refractivity contribution in [2.45, 2.75) is 0 Å². The van der Waals surface area contributed by atoms with Crippen LogP contribution in [0.3, 0.4) is 0 Å². The minimum Gasteiger partial charge on any atom is -0.497 e. The molecule has 32 heavy (non-hydrogen) atoms. The molecule has 0 aliphatic carbocycles. The zero-order valence-corrected chi connectivity index (χ0v) is 17.6. The lowest BCUT2D eigenvalue weighted by Gasteiger charge is -2.29. The Bertz CT molecular complexity index is 1350. The average Bonchev–Trinajstić information content (AvgIpc) is 2.84. The predicted molar refractivity (Wildman–Crippen MR) is 124 cm³/mol. The van der Waals surface area contributed by atoms with Crippen LogP contribution < -0.4 is 19.7 Å². The lowest BCUT2D eigenvalue weighted by molar-refractivity contribution is 0.0894. The Morgan fingerprint density at radius 2 is 1.38 bits per heavy atom. The zero-order chi connectivity index (χ0) is 22.2. The van der Waals surface area contributed by atoms with Crippen LogP contribution in [0.2, 0.25) is 0 Å². The van der Waals surface area contributed by atoms with Gasteiger partial charge in [0.1, 0.15) is 11.5 Å². The van der Waals surface area contributed by atoms with E-state index in [0.717, 1.165) is 16.8 Å². The molecule has 1 N–H and O–H groups in total. The van der Waals surface area contributed by atoms with Crippen molar-refractivity contribution in [2.75, 3.05) is 24.4 Å². The highest BCUT2D eigenvalue weighted by Gasteiger charge is 2.35. The molecule has 2 amide bonds. The topological polar surface area (TPSA) is 67.9 Å². The number of amides is 2. The van der Waals surface area contributed by atoms with Crippen molar-refractivity contribution in [3.8, 4) is 11.5 Å². The molecule has 1 aliphatic rings. The van der Waals surface area contributed by atoms with E-state index in [4.69, 9.17) is 9.47 Å². The summed E-state index contributed by atoms with van der Waals surface area (Å²) in [5.41, 5.74) is 2.88. The molecule has 1 heterocycles. The normalized spacial score (nSPS) is 12.8. The van der Waals surface area contributed by atoms with E-state index >= 15 is 0 Å². The summed E-state index contributed by atoms with van der Waals surface area (Å²) in [5, 5.41) is 4.83. The van der Waals surface area contributed by atoms with E-state index in [1.165, 1.54) is 4.90 Å². The molecular formula is C26H20N2O4. The molecule has 6 heteroatoms. The lowest BCUT2D eigenvalue weighted by atomic mass is 9.92. The van der Waals surface area contributed by atoms with Crippen LogP contribution in [-0.2, 0) is 0 Å². The molecule has 0 radical (unpaired) electrons. The number of rotatable bonds is 5. The fourth-order valence-electron chi connectivity index (χ4n) is 4.00. The number of hydrogen-bond acceptors (Lipinski definition) is 5. The number of ether oxygens (including phenoxy) is 2. The molecule has 0 saturated carbocycles. The Hall–Kier alpha value is -4.32. The van der Waals surface area contributed by atoms with Gasteiger partial charge in [-0.3, -0.25) is 9.59 Å². The van der Waals surface area contributed by atoms with Crippen LogP contribution in [0.5, 0.6) is 11.5 Å². The molecule has 1 aliphatic heterocycles. The molecule has 4 aromatic carbocycles. The Balaban J connectivity index is 1.65. The minimum atomic E-state index is -0.375. The molecule has 0 fully saturated rings. The summed E-state index contributed by atoms with van der Waals surface area (Å²) in [5.74, 6) is 0.667. The molecule has 0 unspecified atom stereocenters. The van der Waals surface area contributed by atoms with Crippen LogP contribution in [0.1, 0.15) is 20.7 Å². The minimum absolute atomic E-state index is 0.347. The highest BCUT2D eigenvalue weighted by atomic mass is 16.5. The highest BCUT2D eigenvalue weighted by Crippen LogP contribution is 2.38.